The molecule has 0 bridgehead atoms. The van der Waals surface area contributed by atoms with E-state index >= 15 is 0 Å². The van der Waals surface area contributed by atoms with Gasteiger partial charge >= 0.3 is 0 Å². The summed E-state index contributed by atoms with van der Waals surface area (Å²) in [5.74, 6) is 1.54. The number of hydrogen-bond donors (Lipinski definition) is 0. The van der Waals surface area contributed by atoms with Crippen LogP contribution in [0.5, 0.6) is 11.5 Å². The normalized spacial score (nSPS) is 19.5. The molecule has 0 saturated heterocycles. The Bertz CT molecular complexity index is 587. The highest BCUT2D eigenvalue weighted by Gasteiger charge is 2.40. The number of fused-ring (bicyclic) bond motifs is 1. The predicted octanol–water partition coefficient (Wildman–Crippen LogP) is 3.63. The van der Waals surface area contributed by atoms with E-state index in [1.165, 1.54) is 0 Å². The number of hydrogen-bond acceptors (Lipinski definition) is 4. The van der Waals surface area contributed by atoms with Crippen LogP contribution in [0.15, 0.2) is 15.5 Å². The molecule has 0 atom stereocenters. The summed E-state index contributed by atoms with van der Waals surface area (Å²) < 4.78 is 12.3. The Labute approximate surface area is 126 Å². The zero-order chi connectivity index (χ0) is 14.2. The van der Waals surface area contributed by atoms with Crippen molar-refractivity contribution in [1.82, 2.24) is 0 Å². The van der Waals surface area contributed by atoms with Crippen LogP contribution in [0.1, 0.15) is 36.8 Å². The van der Waals surface area contributed by atoms with E-state index in [1.807, 2.05) is 13.0 Å². The highest BCUT2D eigenvalue weighted by atomic mass is 79.9. The van der Waals surface area contributed by atoms with Crippen molar-refractivity contribution < 1.29 is 14.3 Å². The third-order valence-electron chi connectivity index (χ3n) is 4.18. The molecule has 0 amide bonds. The first-order valence-corrected chi connectivity index (χ1v) is 7.65. The van der Waals surface area contributed by atoms with Gasteiger partial charge in [-0.25, -0.2) is 4.79 Å². The van der Waals surface area contributed by atoms with Crippen molar-refractivity contribution in [3.8, 4) is 11.5 Å². The second-order valence-electron chi connectivity index (χ2n) is 5.32. The average molecular weight is 338 g/mol. The first-order chi connectivity index (χ1) is 9.68. The number of aliphatic imine (C=N–C) groups is 1. The van der Waals surface area contributed by atoms with Crippen molar-refractivity contribution in [3.05, 3.63) is 21.7 Å². The van der Waals surface area contributed by atoms with Crippen molar-refractivity contribution in [1.29, 1.82) is 0 Å². The Kier molecular flexibility index (Phi) is 3.57. The van der Waals surface area contributed by atoms with Gasteiger partial charge in [-0.1, -0.05) is 28.8 Å². The fourth-order valence-electron chi connectivity index (χ4n) is 3.35. The van der Waals surface area contributed by atoms with Crippen LogP contribution in [0.3, 0.4) is 0 Å². The van der Waals surface area contributed by atoms with Gasteiger partial charge in [0.25, 0.3) is 0 Å². The lowest BCUT2D eigenvalue weighted by atomic mass is 9.85. The third kappa shape index (κ3) is 2.05. The van der Waals surface area contributed by atoms with Gasteiger partial charge in [-0.15, -0.1) is 0 Å². The molecule has 1 saturated carbocycles. The summed E-state index contributed by atoms with van der Waals surface area (Å²) in [6.45, 7) is 3.13. The molecular formula is C15H16BrNO3. The van der Waals surface area contributed by atoms with E-state index in [4.69, 9.17) is 9.47 Å². The van der Waals surface area contributed by atoms with Crippen LogP contribution in [0.2, 0.25) is 0 Å². The molecule has 1 aromatic carbocycles. The molecule has 1 aliphatic heterocycles. The number of benzene rings is 1. The predicted molar refractivity (Wildman–Crippen MR) is 78.1 cm³/mol. The molecule has 0 aromatic heterocycles. The Morgan fingerprint density at radius 2 is 2.00 bits per heavy atom. The van der Waals surface area contributed by atoms with E-state index in [-0.39, 0.29) is 0 Å². The molecule has 106 valence electrons. The molecule has 1 fully saturated rings. The Morgan fingerprint density at radius 3 is 2.70 bits per heavy atom. The minimum absolute atomic E-state index is 0.458. The zero-order valence-electron chi connectivity index (χ0n) is 11.4. The van der Waals surface area contributed by atoms with Gasteiger partial charge in [0.05, 0.1) is 5.54 Å². The second-order valence-corrected chi connectivity index (χ2v) is 6.18. The monoisotopic (exact) mass is 337 g/mol. The summed E-state index contributed by atoms with van der Waals surface area (Å²) >= 11 is 3.62. The number of isocyanates is 1. The average Bonchev–Trinajstić information content (AvgIpc) is 2.88. The Hall–Kier alpha value is -1.32. The van der Waals surface area contributed by atoms with Crippen molar-refractivity contribution >= 4 is 22.0 Å². The van der Waals surface area contributed by atoms with E-state index in [9.17, 15) is 4.79 Å². The van der Waals surface area contributed by atoms with E-state index in [0.717, 1.165) is 52.8 Å². The van der Waals surface area contributed by atoms with Crippen LogP contribution in [-0.4, -0.2) is 19.3 Å². The van der Waals surface area contributed by atoms with Crippen LogP contribution in [-0.2, 0) is 10.3 Å². The fourth-order valence-corrected chi connectivity index (χ4v) is 4.22. The van der Waals surface area contributed by atoms with E-state index in [0.29, 0.717) is 13.2 Å². The smallest absolute Gasteiger partial charge is 0.235 e. The van der Waals surface area contributed by atoms with Crippen LogP contribution < -0.4 is 9.47 Å². The van der Waals surface area contributed by atoms with Crippen molar-refractivity contribution in [3.63, 3.8) is 0 Å². The molecule has 0 unspecified atom stereocenters. The standard InChI is InChI=1S/C15H16BrNO3/c1-10-13(15(17-9-18)4-2-3-5-15)11(16)8-12-14(10)20-7-6-19-12/h8H,2-7H2,1H3. The van der Waals surface area contributed by atoms with Crippen LogP contribution in [0.4, 0.5) is 0 Å². The quantitative estimate of drug-likeness (QED) is 0.611. The third-order valence-corrected chi connectivity index (χ3v) is 4.80. The first-order valence-electron chi connectivity index (χ1n) is 6.86. The van der Waals surface area contributed by atoms with Gasteiger partial charge in [0.15, 0.2) is 11.5 Å². The molecule has 20 heavy (non-hydrogen) atoms. The molecule has 1 aromatic rings. The maximum absolute atomic E-state index is 10.9. The zero-order valence-corrected chi connectivity index (χ0v) is 13.0. The summed E-state index contributed by atoms with van der Waals surface area (Å²) in [7, 11) is 0. The first kappa shape index (κ1) is 13.7. The SMILES string of the molecule is Cc1c2c(cc(Br)c1C1(N=C=O)CCCC1)OCCO2. The second kappa shape index (κ2) is 5.23. The van der Waals surface area contributed by atoms with Gasteiger partial charge in [-0.2, -0.15) is 4.99 Å². The highest BCUT2D eigenvalue weighted by molar-refractivity contribution is 9.10. The van der Waals surface area contributed by atoms with Gasteiger partial charge in [-0.05, 0) is 25.8 Å². The molecule has 5 heteroatoms. The van der Waals surface area contributed by atoms with Crippen molar-refractivity contribution in [2.24, 2.45) is 4.99 Å². The number of rotatable bonds is 2. The van der Waals surface area contributed by atoms with Crippen LogP contribution in [0, 0.1) is 6.92 Å². The molecule has 0 spiro atoms. The van der Waals surface area contributed by atoms with E-state index in [1.54, 1.807) is 6.08 Å². The summed E-state index contributed by atoms with van der Waals surface area (Å²) in [6, 6.07) is 1.93. The fraction of sp³-hybridized carbons (Fsp3) is 0.533. The lowest BCUT2D eigenvalue weighted by Gasteiger charge is -2.30. The van der Waals surface area contributed by atoms with Crippen LogP contribution in [0.25, 0.3) is 0 Å². The lowest BCUT2D eigenvalue weighted by molar-refractivity contribution is 0.169. The van der Waals surface area contributed by atoms with E-state index < -0.39 is 5.54 Å². The molecule has 2 aliphatic rings. The van der Waals surface area contributed by atoms with Gasteiger partial charge in [0, 0.05) is 15.6 Å². The molecular weight excluding hydrogens is 322 g/mol. The van der Waals surface area contributed by atoms with Gasteiger partial charge in [0.1, 0.15) is 13.2 Å². The molecule has 0 radical (unpaired) electrons. The number of halogens is 1. The Balaban J connectivity index is 2.20. The maximum atomic E-state index is 10.9. The molecule has 0 N–H and O–H groups in total. The van der Waals surface area contributed by atoms with E-state index in [2.05, 4.69) is 20.9 Å². The topological polar surface area (TPSA) is 47.9 Å². The molecule has 3 rings (SSSR count). The minimum Gasteiger partial charge on any atom is -0.486 e. The molecule has 4 nitrogen and oxygen atoms in total. The summed E-state index contributed by atoms with van der Waals surface area (Å²) in [4.78, 5) is 15.1. The lowest BCUT2D eigenvalue weighted by Crippen LogP contribution is -2.23. The summed E-state index contributed by atoms with van der Waals surface area (Å²) in [5.41, 5.74) is 1.60. The number of carbonyl (C=O) groups excluding carboxylic acids is 1. The summed E-state index contributed by atoms with van der Waals surface area (Å²) in [6.07, 6.45) is 5.67. The Morgan fingerprint density at radius 1 is 1.30 bits per heavy atom. The maximum Gasteiger partial charge on any atom is 0.235 e. The number of nitrogens with zero attached hydrogens (tertiary/aromatic N) is 1. The molecule has 1 heterocycles. The highest BCUT2D eigenvalue weighted by Crippen LogP contribution is 2.50. The van der Waals surface area contributed by atoms with Crippen LogP contribution >= 0.6 is 15.9 Å². The number of ether oxygens (including phenoxy) is 2. The largest absolute Gasteiger partial charge is 0.486 e. The molecule has 1 aliphatic carbocycles. The van der Waals surface area contributed by atoms with Crippen molar-refractivity contribution in [2.45, 2.75) is 38.1 Å². The van der Waals surface area contributed by atoms with Crippen molar-refractivity contribution in [2.75, 3.05) is 13.2 Å². The minimum atomic E-state index is -0.458. The van der Waals surface area contributed by atoms with Gasteiger partial charge < -0.3 is 9.47 Å². The summed E-state index contributed by atoms with van der Waals surface area (Å²) in [5, 5.41) is 0. The van der Waals surface area contributed by atoms with Gasteiger partial charge in [-0.3, -0.25) is 0 Å². The van der Waals surface area contributed by atoms with Gasteiger partial charge in [0.2, 0.25) is 6.08 Å².